The molecule has 0 aliphatic carbocycles. The van der Waals surface area contributed by atoms with Crippen molar-refractivity contribution in [1.82, 2.24) is 10.2 Å². The molecule has 0 atom stereocenters. The van der Waals surface area contributed by atoms with Gasteiger partial charge < -0.3 is 25.2 Å². The van der Waals surface area contributed by atoms with Crippen molar-refractivity contribution in [1.29, 1.82) is 0 Å². The number of benzene rings is 2. The van der Waals surface area contributed by atoms with Crippen molar-refractivity contribution < 1.29 is 38.1 Å². The van der Waals surface area contributed by atoms with Crippen molar-refractivity contribution >= 4 is 23.5 Å². The van der Waals surface area contributed by atoms with Gasteiger partial charge in [-0.05, 0) is 29.8 Å². The molecule has 11 heteroatoms. The number of aliphatic carboxylic acids is 2. The van der Waals surface area contributed by atoms with Crippen LogP contribution in [0.15, 0.2) is 60.7 Å². The number of piperazine rings is 1. The first kappa shape index (κ1) is 30.2. The number of aryl methyl sites for hydroxylation is 1. The van der Waals surface area contributed by atoms with Crippen molar-refractivity contribution in [3.05, 3.63) is 71.8 Å². The average molecular weight is 534 g/mol. The van der Waals surface area contributed by atoms with Crippen molar-refractivity contribution in [3.63, 3.8) is 0 Å². The third-order valence-corrected chi connectivity index (χ3v) is 5.61. The predicted octanol–water partition coefficient (Wildman–Crippen LogP) is 2.81. The molecule has 206 valence electrons. The third-order valence-electron chi connectivity index (χ3n) is 5.61. The number of carbonyl (C=O) groups excluding carboxylic acids is 1. The number of carboxylic acids is 2. The molecular formula is C27H33F2N3O6. The molecule has 1 aliphatic heterocycles. The number of rotatable bonds is 11. The number of carbonyl (C=O) groups is 3. The molecule has 0 unspecified atom stereocenters. The summed E-state index contributed by atoms with van der Waals surface area (Å²) in [6.45, 7) is 4.04. The molecule has 38 heavy (non-hydrogen) atoms. The second kappa shape index (κ2) is 16.7. The Balaban J connectivity index is 0.000000757. The van der Waals surface area contributed by atoms with E-state index in [4.69, 9.17) is 24.5 Å². The van der Waals surface area contributed by atoms with Crippen LogP contribution in [-0.4, -0.2) is 92.2 Å². The van der Waals surface area contributed by atoms with Gasteiger partial charge in [0, 0.05) is 51.3 Å². The third kappa shape index (κ3) is 10.6. The number of anilines is 1. The molecule has 1 heterocycles. The van der Waals surface area contributed by atoms with Crippen LogP contribution in [0.25, 0.3) is 0 Å². The molecule has 0 bridgehead atoms. The summed E-state index contributed by atoms with van der Waals surface area (Å²) in [5.41, 5.74) is 2.48. The van der Waals surface area contributed by atoms with Gasteiger partial charge in [-0.15, -0.1) is 0 Å². The first-order valence-corrected chi connectivity index (χ1v) is 12.1. The molecule has 9 nitrogen and oxygen atoms in total. The zero-order valence-corrected chi connectivity index (χ0v) is 21.0. The Kier molecular flexibility index (Phi) is 13.3. The number of nitrogens with zero attached hydrogens (tertiary/aromatic N) is 2. The van der Waals surface area contributed by atoms with Gasteiger partial charge in [-0.2, -0.15) is 0 Å². The van der Waals surface area contributed by atoms with Crippen molar-refractivity contribution in [2.24, 2.45) is 0 Å². The van der Waals surface area contributed by atoms with Crippen molar-refractivity contribution in [2.45, 2.75) is 6.42 Å². The molecule has 3 rings (SSSR count). The fraction of sp³-hybridized carbons (Fsp3) is 0.370. The quantitative estimate of drug-likeness (QED) is 0.298. The first-order valence-electron chi connectivity index (χ1n) is 12.1. The number of amides is 1. The summed E-state index contributed by atoms with van der Waals surface area (Å²) in [5.74, 6) is -3.06. The standard InChI is InChI=1S/C25H31F2N3O2.C2H2O4/c26-12-11-21-7-9-22(10-8-21)25(31)28-14-3-4-15-29-16-18-30(19-17-29)23-5-1-2-6-24(23)32-20-13-27;3-1(4)2(5)6/h1-10H,11-20H2,(H,28,31);(H,3,4)(H,5,6)/b4-3+;. The molecule has 1 saturated heterocycles. The van der Waals surface area contributed by atoms with Gasteiger partial charge in [-0.3, -0.25) is 14.1 Å². The molecular weight excluding hydrogens is 500 g/mol. The molecule has 0 spiro atoms. The number of ether oxygens (including phenoxy) is 1. The Morgan fingerprint density at radius 2 is 1.55 bits per heavy atom. The summed E-state index contributed by atoms with van der Waals surface area (Å²) in [7, 11) is 0. The lowest BCUT2D eigenvalue weighted by Gasteiger charge is -2.36. The predicted molar refractivity (Wildman–Crippen MR) is 139 cm³/mol. The second-order valence-electron chi connectivity index (χ2n) is 8.22. The molecule has 2 aromatic carbocycles. The van der Waals surface area contributed by atoms with Gasteiger partial charge >= 0.3 is 11.9 Å². The summed E-state index contributed by atoms with van der Waals surface area (Å²) < 4.78 is 30.4. The van der Waals surface area contributed by atoms with E-state index >= 15 is 0 Å². The van der Waals surface area contributed by atoms with E-state index in [0.717, 1.165) is 49.7 Å². The molecule has 3 N–H and O–H groups in total. The van der Waals surface area contributed by atoms with Crippen molar-refractivity contribution in [3.8, 4) is 5.75 Å². The fourth-order valence-electron chi connectivity index (χ4n) is 3.65. The number of hydrogen-bond donors (Lipinski definition) is 3. The summed E-state index contributed by atoms with van der Waals surface area (Å²) in [5, 5.41) is 17.7. The molecule has 0 saturated carbocycles. The number of carboxylic acid groups (broad SMARTS) is 2. The normalized spacial score (nSPS) is 13.5. The SMILES string of the molecule is O=C(NC/C=C/CN1CCN(c2ccccc2OCCF)CC1)c1ccc(CCF)cc1.O=C(O)C(=O)O. The Morgan fingerprint density at radius 3 is 2.16 bits per heavy atom. The molecule has 1 fully saturated rings. The van der Waals surface area contributed by atoms with Gasteiger partial charge in [0.25, 0.3) is 5.91 Å². The van der Waals surface area contributed by atoms with Crippen molar-refractivity contribution in [2.75, 3.05) is 64.1 Å². The zero-order chi connectivity index (χ0) is 27.8. The zero-order valence-electron chi connectivity index (χ0n) is 21.0. The second-order valence-corrected chi connectivity index (χ2v) is 8.22. The number of hydrogen-bond acceptors (Lipinski definition) is 6. The van der Waals surface area contributed by atoms with Gasteiger partial charge in [0.05, 0.1) is 12.4 Å². The highest BCUT2D eigenvalue weighted by Crippen LogP contribution is 2.28. The van der Waals surface area contributed by atoms with Gasteiger partial charge in [0.2, 0.25) is 0 Å². The highest BCUT2D eigenvalue weighted by atomic mass is 19.1. The van der Waals surface area contributed by atoms with E-state index in [9.17, 15) is 13.6 Å². The van der Waals surface area contributed by atoms with E-state index in [1.165, 1.54) is 0 Å². The highest BCUT2D eigenvalue weighted by molar-refractivity contribution is 6.27. The lowest BCUT2D eigenvalue weighted by molar-refractivity contribution is -0.159. The van der Waals surface area contributed by atoms with E-state index in [-0.39, 0.29) is 12.5 Å². The monoisotopic (exact) mass is 533 g/mol. The molecule has 0 radical (unpaired) electrons. The van der Waals surface area contributed by atoms with Crippen LogP contribution < -0.4 is 15.0 Å². The van der Waals surface area contributed by atoms with Crippen LogP contribution in [0.3, 0.4) is 0 Å². The Morgan fingerprint density at radius 1 is 0.895 bits per heavy atom. The lowest BCUT2D eigenvalue weighted by atomic mass is 10.1. The maximum Gasteiger partial charge on any atom is 0.414 e. The van der Waals surface area contributed by atoms with Crippen LogP contribution in [0.5, 0.6) is 5.75 Å². The summed E-state index contributed by atoms with van der Waals surface area (Å²) >= 11 is 0. The Hall–Kier alpha value is -3.99. The highest BCUT2D eigenvalue weighted by Gasteiger charge is 2.19. The average Bonchev–Trinajstić information content (AvgIpc) is 2.93. The first-order chi connectivity index (χ1) is 18.3. The minimum Gasteiger partial charge on any atom is -0.489 e. The smallest absolute Gasteiger partial charge is 0.414 e. The Labute approximate surface area is 220 Å². The van der Waals surface area contributed by atoms with Gasteiger partial charge in [0.1, 0.15) is 19.0 Å². The minimum atomic E-state index is -1.82. The molecule has 1 aliphatic rings. The number of nitrogens with one attached hydrogen (secondary N) is 1. The van der Waals surface area contributed by atoms with Crippen LogP contribution in [0.1, 0.15) is 15.9 Å². The lowest BCUT2D eigenvalue weighted by Crippen LogP contribution is -2.46. The van der Waals surface area contributed by atoms with E-state index in [1.54, 1.807) is 24.3 Å². The summed E-state index contributed by atoms with van der Waals surface area (Å²) in [6.07, 6.45) is 4.40. The summed E-state index contributed by atoms with van der Waals surface area (Å²) in [6, 6.07) is 14.8. The minimum absolute atomic E-state index is 0.0722. The van der Waals surface area contributed by atoms with E-state index in [1.807, 2.05) is 30.3 Å². The maximum atomic E-state index is 12.5. The fourth-order valence-corrected chi connectivity index (χ4v) is 3.65. The van der Waals surface area contributed by atoms with Crippen LogP contribution >= 0.6 is 0 Å². The number of alkyl halides is 2. The van der Waals surface area contributed by atoms with Crippen LogP contribution in [0.2, 0.25) is 0 Å². The molecule has 0 aromatic heterocycles. The van der Waals surface area contributed by atoms with E-state index < -0.39 is 25.3 Å². The van der Waals surface area contributed by atoms with E-state index in [0.29, 0.717) is 18.5 Å². The number of para-hydroxylation sites is 2. The molecule has 2 aromatic rings. The van der Waals surface area contributed by atoms with Crippen LogP contribution in [0, 0.1) is 0 Å². The Bertz CT molecular complexity index is 1050. The van der Waals surface area contributed by atoms with E-state index in [2.05, 4.69) is 21.2 Å². The van der Waals surface area contributed by atoms with Crippen LogP contribution in [-0.2, 0) is 16.0 Å². The van der Waals surface area contributed by atoms with Crippen LogP contribution in [0.4, 0.5) is 14.5 Å². The van der Waals surface area contributed by atoms with Gasteiger partial charge in [-0.25, -0.2) is 14.0 Å². The topological polar surface area (TPSA) is 119 Å². The molecule has 1 amide bonds. The maximum absolute atomic E-state index is 12.5. The van der Waals surface area contributed by atoms with Gasteiger partial charge in [0.15, 0.2) is 0 Å². The summed E-state index contributed by atoms with van der Waals surface area (Å²) in [4.78, 5) is 35.0. The van der Waals surface area contributed by atoms with Gasteiger partial charge in [-0.1, -0.05) is 36.4 Å². The largest absolute Gasteiger partial charge is 0.489 e. The number of halogens is 2.